The molecule has 0 spiro atoms. The molecule has 0 N–H and O–H groups in total. The van der Waals surface area contributed by atoms with Crippen molar-refractivity contribution in [2.45, 2.75) is 13.1 Å². The summed E-state index contributed by atoms with van der Waals surface area (Å²) in [6, 6.07) is 5.04. The van der Waals surface area contributed by atoms with Crippen LogP contribution in [0, 0.1) is 5.82 Å². The van der Waals surface area contributed by atoms with Crippen molar-refractivity contribution in [3.63, 3.8) is 0 Å². The smallest absolute Gasteiger partial charge is 0.431 e. The zero-order chi connectivity index (χ0) is 23.1. The molecule has 0 saturated heterocycles. The molecule has 0 fully saturated rings. The zero-order valence-electron chi connectivity index (χ0n) is 16.1. The fraction of sp³-hybridized carbons (Fsp3) is 0.150. The highest BCUT2D eigenvalue weighted by atomic mass is 35.5. The van der Waals surface area contributed by atoms with E-state index in [0.717, 1.165) is 19.2 Å². The van der Waals surface area contributed by atoms with Gasteiger partial charge in [-0.3, -0.25) is 14.3 Å². The molecule has 3 aromatic rings. The Morgan fingerprint density at radius 2 is 1.87 bits per heavy atom. The number of benzene rings is 1. The monoisotopic (exact) mass is 455 g/mol. The molecule has 0 aliphatic rings. The van der Waals surface area contributed by atoms with Crippen molar-refractivity contribution >= 4 is 17.2 Å². The second-order valence-corrected chi connectivity index (χ2v) is 6.92. The Kier molecular flexibility index (Phi) is 5.77. The molecule has 31 heavy (non-hydrogen) atoms. The molecule has 3 rings (SSSR count). The summed E-state index contributed by atoms with van der Waals surface area (Å²) in [5, 5.41) is -0.199. The minimum Gasteiger partial charge on any atom is -0.453 e. The van der Waals surface area contributed by atoms with Crippen molar-refractivity contribution in [1.29, 1.82) is 0 Å². The number of aromatic nitrogens is 3. The molecular formula is C20H14ClF4N3O3. The Morgan fingerprint density at radius 3 is 2.48 bits per heavy atom. The third-order valence-electron chi connectivity index (χ3n) is 4.25. The van der Waals surface area contributed by atoms with E-state index >= 15 is 0 Å². The van der Waals surface area contributed by atoms with Gasteiger partial charge in [-0.2, -0.15) is 13.2 Å². The van der Waals surface area contributed by atoms with Crippen molar-refractivity contribution in [3.05, 3.63) is 86.2 Å². The van der Waals surface area contributed by atoms with Gasteiger partial charge in [0, 0.05) is 25.4 Å². The molecule has 0 bridgehead atoms. The van der Waals surface area contributed by atoms with Crippen molar-refractivity contribution < 1.29 is 22.3 Å². The lowest BCUT2D eigenvalue weighted by Crippen LogP contribution is -2.41. The average molecular weight is 456 g/mol. The first-order valence-electron chi connectivity index (χ1n) is 8.60. The quantitative estimate of drug-likeness (QED) is 0.541. The first-order chi connectivity index (χ1) is 14.4. The Hall–Kier alpha value is -3.40. The van der Waals surface area contributed by atoms with E-state index in [1.165, 1.54) is 6.20 Å². The lowest BCUT2D eigenvalue weighted by Gasteiger charge is -2.16. The summed E-state index contributed by atoms with van der Waals surface area (Å²) in [5.74, 6) is -1.05. The largest absolute Gasteiger partial charge is 0.453 e. The number of pyridine rings is 1. The van der Waals surface area contributed by atoms with Crippen LogP contribution in [0.15, 0.2) is 52.7 Å². The third kappa shape index (κ3) is 4.24. The molecule has 1 aromatic carbocycles. The maximum Gasteiger partial charge on any atom is 0.431 e. The summed E-state index contributed by atoms with van der Waals surface area (Å²) in [4.78, 5) is 28.9. The predicted molar refractivity (Wildman–Crippen MR) is 106 cm³/mol. The number of hydrogen-bond acceptors (Lipinski definition) is 4. The Morgan fingerprint density at radius 1 is 1.19 bits per heavy atom. The van der Waals surface area contributed by atoms with E-state index in [4.69, 9.17) is 16.3 Å². The molecule has 11 heteroatoms. The maximum absolute atomic E-state index is 14.6. The van der Waals surface area contributed by atoms with E-state index < -0.39 is 34.6 Å². The fourth-order valence-corrected chi connectivity index (χ4v) is 2.99. The van der Waals surface area contributed by atoms with E-state index in [9.17, 15) is 27.2 Å². The van der Waals surface area contributed by atoms with Gasteiger partial charge < -0.3 is 4.74 Å². The van der Waals surface area contributed by atoms with Gasteiger partial charge in [0.05, 0.1) is 10.7 Å². The molecule has 2 aromatic heterocycles. The summed E-state index contributed by atoms with van der Waals surface area (Å²) in [6.45, 7) is 5.45. The van der Waals surface area contributed by atoms with Gasteiger partial charge in [0.2, 0.25) is 0 Å². The molecule has 0 unspecified atom stereocenters. The summed E-state index contributed by atoms with van der Waals surface area (Å²) in [6.07, 6.45) is -3.45. The Balaban J connectivity index is 2.20. The fourth-order valence-electron chi connectivity index (χ4n) is 2.80. The summed E-state index contributed by atoms with van der Waals surface area (Å²) in [7, 11) is 0.821. The molecule has 0 aliphatic heterocycles. The molecule has 0 atom stereocenters. The van der Waals surface area contributed by atoms with E-state index in [2.05, 4.69) is 11.6 Å². The van der Waals surface area contributed by atoms with Crippen molar-refractivity contribution in [2.24, 2.45) is 7.05 Å². The van der Waals surface area contributed by atoms with Gasteiger partial charge in [0.15, 0.2) is 5.75 Å². The van der Waals surface area contributed by atoms with Gasteiger partial charge in [-0.05, 0) is 30.7 Å². The number of alkyl halides is 3. The highest BCUT2D eigenvalue weighted by Gasteiger charge is 2.35. The molecule has 0 saturated carbocycles. The molecule has 2 heterocycles. The Bertz CT molecular complexity index is 1310. The lowest BCUT2D eigenvalue weighted by atomic mass is 10.2. The van der Waals surface area contributed by atoms with Crippen LogP contribution in [0.1, 0.15) is 18.3 Å². The Labute approximate surface area is 177 Å². The van der Waals surface area contributed by atoms with Crippen molar-refractivity contribution in [3.8, 4) is 17.2 Å². The molecule has 0 amide bonds. The van der Waals surface area contributed by atoms with Gasteiger partial charge >= 0.3 is 11.9 Å². The van der Waals surface area contributed by atoms with Crippen LogP contribution in [0.5, 0.6) is 11.5 Å². The third-order valence-corrected chi connectivity index (χ3v) is 4.54. The van der Waals surface area contributed by atoms with Crippen LogP contribution in [0.25, 0.3) is 11.3 Å². The number of ether oxygens (including phenoxy) is 1. The highest BCUT2D eigenvalue weighted by Crippen LogP contribution is 2.35. The summed E-state index contributed by atoms with van der Waals surface area (Å²) in [5.41, 5.74) is -3.91. The summed E-state index contributed by atoms with van der Waals surface area (Å²) >= 11 is 6.04. The number of hydrogen-bond donors (Lipinski definition) is 0. The second kappa shape index (κ2) is 8.03. The number of nitrogens with zero attached hydrogens (tertiary/aromatic N) is 3. The first kappa shape index (κ1) is 22.3. The minimum atomic E-state index is -4.95. The van der Waals surface area contributed by atoms with Gasteiger partial charge in [-0.25, -0.2) is 13.8 Å². The number of allylic oxidation sites excluding steroid dienone is 1. The normalized spacial score (nSPS) is 11.5. The van der Waals surface area contributed by atoms with Gasteiger partial charge in [0.1, 0.15) is 23.0 Å². The molecule has 0 radical (unpaired) electrons. The molecular weight excluding hydrogens is 442 g/mol. The first-order valence-corrected chi connectivity index (χ1v) is 8.98. The van der Waals surface area contributed by atoms with Crippen LogP contribution in [-0.4, -0.2) is 14.1 Å². The zero-order valence-corrected chi connectivity index (χ0v) is 16.9. The highest BCUT2D eigenvalue weighted by molar-refractivity contribution is 6.32. The van der Waals surface area contributed by atoms with E-state index in [-0.39, 0.29) is 31.7 Å². The van der Waals surface area contributed by atoms with Crippen molar-refractivity contribution in [1.82, 2.24) is 14.1 Å². The second-order valence-electron chi connectivity index (χ2n) is 6.51. The SMILES string of the molecule is C=C(C)c1ncccc1Oc1cc(-n2c(=O)cc(C(F)(F)F)n(C)c2=O)c(F)cc1Cl. The average Bonchev–Trinajstić information content (AvgIpc) is 2.67. The maximum atomic E-state index is 14.6. The van der Waals surface area contributed by atoms with Crippen LogP contribution in [0.4, 0.5) is 17.6 Å². The van der Waals surface area contributed by atoms with Gasteiger partial charge in [-0.15, -0.1) is 0 Å². The van der Waals surface area contributed by atoms with Crippen LogP contribution >= 0.6 is 11.6 Å². The summed E-state index contributed by atoms with van der Waals surface area (Å²) < 4.78 is 59.9. The van der Waals surface area contributed by atoms with Crippen molar-refractivity contribution in [2.75, 3.05) is 0 Å². The van der Waals surface area contributed by atoms with Gasteiger partial charge in [-0.1, -0.05) is 18.2 Å². The minimum absolute atomic E-state index is 0.151. The molecule has 162 valence electrons. The van der Waals surface area contributed by atoms with Crippen LogP contribution in [-0.2, 0) is 13.2 Å². The van der Waals surface area contributed by atoms with E-state index in [0.29, 0.717) is 11.3 Å². The van der Waals surface area contributed by atoms with E-state index in [1.54, 1.807) is 19.1 Å². The number of halogens is 5. The predicted octanol–water partition coefficient (Wildman–Crippen LogP) is 4.57. The lowest BCUT2D eigenvalue weighted by molar-refractivity contribution is -0.144. The van der Waals surface area contributed by atoms with Crippen LogP contribution in [0.3, 0.4) is 0 Å². The molecule has 6 nitrogen and oxygen atoms in total. The standard InChI is InChI=1S/C20H14ClF4N3O3/c1-10(2)18-14(5-4-6-26-18)31-15-8-13(12(22)7-11(15)21)28-17(29)9-16(20(23,24)25)27(3)19(28)30/h4-9H,1H2,2-3H3. The molecule has 0 aliphatic carbocycles. The van der Waals surface area contributed by atoms with E-state index in [1.807, 2.05) is 0 Å². The topological polar surface area (TPSA) is 66.1 Å². The van der Waals surface area contributed by atoms with Gasteiger partial charge in [0.25, 0.3) is 5.56 Å². The number of rotatable bonds is 4. The van der Waals surface area contributed by atoms with Crippen LogP contribution in [0.2, 0.25) is 5.02 Å². The van der Waals surface area contributed by atoms with Crippen LogP contribution < -0.4 is 16.0 Å².